The van der Waals surface area contributed by atoms with Gasteiger partial charge in [0, 0.05) is 11.5 Å². The molecule has 0 aromatic carbocycles. The number of carbonyl (C=O) groups excluding carboxylic acids is 1. The van der Waals surface area contributed by atoms with Crippen LogP contribution in [0.2, 0.25) is 0 Å². The second-order valence-corrected chi connectivity index (χ2v) is 3.24. The Morgan fingerprint density at radius 2 is 2.40 bits per heavy atom. The minimum absolute atomic E-state index is 0.212. The van der Waals surface area contributed by atoms with E-state index in [-0.39, 0.29) is 12.6 Å². The van der Waals surface area contributed by atoms with Crippen LogP contribution >= 0.6 is 11.5 Å². The van der Waals surface area contributed by atoms with Crippen LogP contribution in [0.4, 0.5) is 5.13 Å². The summed E-state index contributed by atoms with van der Waals surface area (Å²) < 4.78 is 13.1. The quantitative estimate of drug-likeness (QED) is 0.661. The lowest BCUT2D eigenvalue weighted by atomic mass is 10.3. The summed E-state index contributed by atoms with van der Waals surface area (Å²) in [6.07, 6.45) is 0. The van der Waals surface area contributed by atoms with Crippen molar-refractivity contribution in [2.24, 2.45) is 0 Å². The molecule has 0 aliphatic rings. The number of hydrogen-bond acceptors (Lipinski definition) is 8. The number of anilines is 1. The molecule has 1 aromatic heterocycles. The molecule has 0 saturated heterocycles. The summed E-state index contributed by atoms with van der Waals surface area (Å²) in [7, 11) is 2.68. The van der Waals surface area contributed by atoms with Crippen molar-refractivity contribution in [1.82, 2.24) is 9.36 Å². The first-order valence-corrected chi connectivity index (χ1v) is 4.81. The average Bonchev–Trinajstić information content (AvgIpc) is 2.72. The van der Waals surface area contributed by atoms with E-state index in [2.05, 4.69) is 19.4 Å². The number of aliphatic hydroxyl groups is 1. The smallest absolute Gasteiger partial charge is 0.330 e. The van der Waals surface area contributed by atoms with Gasteiger partial charge in [-0.25, -0.2) is 4.79 Å². The largest absolute Gasteiger partial charge is 0.467 e. The fraction of sp³-hybridized carbons (Fsp3) is 0.571. The van der Waals surface area contributed by atoms with E-state index in [4.69, 9.17) is 9.84 Å². The number of aliphatic hydroxyl groups excluding tert-OH is 1. The lowest BCUT2D eigenvalue weighted by molar-refractivity contribution is -0.142. The number of aromatic nitrogens is 2. The van der Waals surface area contributed by atoms with Crippen molar-refractivity contribution in [2.75, 3.05) is 26.1 Å². The molecule has 15 heavy (non-hydrogen) atoms. The fourth-order valence-electron chi connectivity index (χ4n) is 0.822. The van der Waals surface area contributed by atoms with E-state index in [0.717, 1.165) is 11.5 Å². The summed E-state index contributed by atoms with van der Waals surface area (Å²) in [5.41, 5.74) is 0. The fourth-order valence-corrected chi connectivity index (χ4v) is 1.42. The molecule has 0 spiro atoms. The minimum Gasteiger partial charge on any atom is -0.467 e. The highest BCUT2D eigenvalue weighted by Gasteiger charge is 2.19. The summed E-state index contributed by atoms with van der Waals surface area (Å²) in [6.45, 7) is -0.380. The molecular weight excluding hydrogens is 222 g/mol. The summed E-state index contributed by atoms with van der Waals surface area (Å²) in [5, 5.41) is 12.0. The van der Waals surface area contributed by atoms with E-state index in [1.807, 2.05) is 0 Å². The summed E-state index contributed by atoms with van der Waals surface area (Å²) in [5.74, 6) is -0.563. The first kappa shape index (κ1) is 11.7. The van der Waals surface area contributed by atoms with Crippen LogP contribution in [0.1, 0.15) is 0 Å². The number of nitrogens with zero attached hydrogens (tertiary/aromatic N) is 2. The van der Waals surface area contributed by atoms with Gasteiger partial charge in [0.1, 0.15) is 6.04 Å². The molecule has 0 aliphatic heterocycles. The van der Waals surface area contributed by atoms with Gasteiger partial charge >= 0.3 is 12.0 Å². The van der Waals surface area contributed by atoms with Crippen molar-refractivity contribution in [2.45, 2.75) is 6.04 Å². The lowest BCUT2D eigenvalue weighted by Crippen LogP contribution is -2.33. The Bertz CT molecular complexity index is 330. The number of methoxy groups -OCH3 is 2. The number of esters is 1. The van der Waals surface area contributed by atoms with Gasteiger partial charge in [0.25, 0.3) is 0 Å². The Kier molecular flexibility index (Phi) is 4.25. The molecule has 1 aromatic rings. The third-order valence-corrected chi connectivity index (χ3v) is 2.19. The zero-order valence-electron chi connectivity index (χ0n) is 8.26. The van der Waals surface area contributed by atoms with Crippen LogP contribution in [0.5, 0.6) is 6.01 Å². The third kappa shape index (κ3) is 3.03. The molecule has 7 nitrogen and oxygen atoms in total. The minimum atomic E-state index is -0.840. The molecule has 0 fully saturated rings. The molecular formula is C7H11N3O4S. The molecule has 84 valence electrons. The van der Waals surface area contributed by atoms with Crippen molar-refractivity contribution in [3.63, 3.8) is 0 Å². The maximum absolute atomic E-state index is 11.1. The van der Waals surface area contributed by atoms with Gasteiger partial charge in [-0.15, -0.1) is 4.37 Å². The molecule has 2 N–H and O–H groups in total. The van der Waals surface area contributed by atoms with E-state index in [0.29, 0.717) is 5.13 Å². The second kappa shape index (κ2) is 5.47. The number of nitrogens with one attached hydrogen (secondary N) is 1. The maximum Gasteiger partial charge on any atom is 0.330 e. The van der Waals surface area contributed by atoms with Crippen LogP contribution in [0.25, 0.3) is 0 Å². The number of rotatable bonds is 5. The molecule has 1 atom stereocenters. The van der Waals surface area contributed by atoms with Crippen LogP contribution < -0.4 is 10.1 Å². The van der Waals surface area contributed by atoms with Gasteiger partial charge in [0.15, 0.2) is 0 Å². The molecule has 0 bridgehead atoms. The Balaban J connectivity index is 2.62. The van der Waals surface area contributed by atoms with Crippen molar-refractivity contribution in [3.05, 3.63) is 0 Å². The van der Waals surface area contributed by atoms with Crippen molar-refractivity contribution in [1.29, 1.82) is 0 Å². The van der Waals surface area contributed by atoms with E-state index in [1.54, 1.807) is 0 Å². The average molecular weight is 233 g/mol. The molecule has 0 saturated carbocycles. The predicted octanol–water partition coefficient (Wildman–Crippen LogP) is -0.508. The highest BCUT2D eigenvalue weighted by molar-refractivity contribution is 7.09. The first-order valence-electron chi connectivity index (χ1n) is 4.04. The zero-order valence-corrected chi connectivity index (χ0v) is 9.08. The first-order chi connectivity index (χ1) is 7.21. The number of ether oxygens (including phenoxy) is 2. The van der Waals surface area contributed by atoms with Gasteiger partial charge in [-0.1, -0.05) is 0 Å². The molecule has 0 radical (unpaired) electrons. The molecule has 0 amide bonds. The SMILES string of the molecule is COC(=O)[C@H](CO)Nc1nc(OC)ns1. The van der Waals surface area contributed by atoms with E-state index < -0.39 is 12.0 Å². The van der Waals surface area contributed by atoms with Gasteiger partial charge in [-0.2, -0.15) is 4.98 Å². The predicted molar refractivity (Wildman–Crippen MR) is 53.0 cm³/mol. The second-order valence-electron chi connectivity index (χ2n) is 2.49. The van der Waals surface area contributed by atoms with Crippen LogP contribution in [0, 0.1) is 0 Å². The normalized spacial score (nSPS) is 11.9. The Morgan fingerprint density at radius 1 is 1.67 bits per heavy atom. The Morgan fingerprint density at radius 3 is 2.87 bits per heavy atom. The Labute approximate surface area is 90.2 Å². The number of hydrogen-bond donors (Lipinski definition) is 2. The topological polar surface area (TPSA) is 93.6 Å². The summed E-state index contributed by atoms with van der Waals surface area (Å²) in [4.78, 5) is 15.0. The van der Waals surface area contributed by atoms with Gasteiger partial charge in [-0.3, -0.25) is 0 Å². The molecule has 0 unspecified atom stereocenters. The van der Waals surface area contributed by atoms with Crippen molar-refractivity contribution >= 4 is 22.6 Å². The van der Waals surface area contributed by atoms with Crippen LogP contribution in [-0.4, -0.2) is 47.3 Å². The molecule has 1 rings (SSSR count). The van der Waals surface area contributed by atoms with Gasteiger partial charge in [-0.05, 0) is 0 Å². The van der Waals surface area contributed by atoms with Crippen LogP contribution in [-0.2, 0) is 9.53 Å². The van der Waals surface area contributed by atoms with Crippen LogP contribution in [0.15, 0.2) is 0 Å². The van der Waals surface area contributed by atoms with Gasteiger partial charge < -0.3 is 19.9 Å². The Hall–Kier alpha value is -1.41. The maximum atomic E-state index is 11.1. The van der Waals surface area contributed by atoms with Crippen molar-refractivity contribution in [3.8, 4) is 6.01 Å². The third-order valence-electron chi connectivity index (χ3n) is 1.56. The lowest BCUT2D eigenvalue weighted by Gasteiger charge is -2.11. The molecule has 8 heteroatoms. The van der Waals surface area contributed by atoms with Gasteiger partial charge in [0.2, 0.25) is 5.13 Å². The standard InChI is InChI=1S/C7H11N3O4S/c1-13-5(12)4(3-11)8-7-9-6(14-2)10-15-7/h4,11H,3H2,1-2H3,(H,8,9,10)/t4-/m0/s1. The monoisotopic (exact) mass is 233 g/mol. The zero-order chi connectivity index (χ0) is 11.3. The summed E-state index contributed by atoms with van der Waals surface area (Å²) in [6, 6.07) is -0.628. The van der Waals surface area contributed by atoms with Gasteiger partial charge in [0.05, 0.1) is 20.8 Å². The highest BCUT2D eigenvalue weighted by Crippen LogP contribution is 2.16. The van der Waals surface area contributed by atoms with E-state index in [1.165, 1.54) is 14.2 Å². The molecule has 0 aliphatic carbocycles. The van der Waals surface area contributed by atoms with E-state index in [9.17, 15) is 4.79 Å². The molecule has 1 heterocycles. The summed E-state index contributed by atoms with van der Waals surface area (Å²) >= 11 is 1.03. The van der Waals surface area contributed by atoms with Crippen molar-refractivity contribution < 1.29 is 19.4 Å². The van der Waals surface area contributed by atoms with Crippen LogP contribution in [0.3, 0.4) is 0 Å². The highest BCUT2D eigenvalue weighted by atomic mass is 32.1. The van der Waals surface area contributed by atoms with E-state index >= 15 is 0 Å². The number of carbonyl (C=O) groups is 1.